The van der Waals surface area contributed by atoms with E-state index in [2.05, 4.69) is 43.3 Å². The number of primary amides is 1. The molecule has 0 aliphatic rings. The van der Waals surface area contributed by atoms with Crippen LogP contribution in [0.4, 0.5) is 0 Å². The summed E-state index contributed by atoms with van der Waals surface area (Å²) in [4.78, 5) is 10.7. The van der Waals surface area contributed by atoms with Crippen molar-refractivity contribution in [3.05, 3.63) is 41.5 Å². The van der Waals surface area contributed by atoms with Gasteiger partial charge in [0.05, 0.1) is 0 Å². The molecule has 0 fully saturated rings. The lowest BCUT2D eigenvalue weighted by atomic mass is 9.99. The number of carbonyl (C=O) groups excluding carboxylic acids is 1. The Morgan fingerprint density at radius 2 is 1.43 bits per heavy atom. The summed E-state index contributed by atoms with van der Waals surface area (Å²) in [6.45, 7) is 2.28. The molecule has 28 heavy (non-hydrogen) atoms. The zero-order valence-corrected chi connectivity index (χ0v) is 18.3. The molecule has 1 aromatic rings. The third-order valence-electron chi connectivity index (χ3n) is 5.45. The van der Waals surface area contributed by atoms with E-state index in [1.807, 2.05) is 0 Å². The van der Waals surface area contributed by atoms with Gasteiger partial charge in [0, 0.05) is 6.42 Å². The molecule has 0 unspecified atom stereocenters. The number of carbonyl (C=O) groups is 1. The van der Waals surface area contributed by atoms with E-state index in [-0.39, 0.29) is 5.91 Å². The van der Waals surface area contributed by atoms with Gasteiger partial charge >= 0.3 is 0 Å². The SMILES string of the molecule is CCCCCCCCc1ccccc1/C=C\CCCCCCCCCC(N)=O. The Kier molecular flexibility index (Phi) is 15.3. The number of rotatable bonds is 18. The second-order valence-electron chi connectivity index (χ2n) is 8.10. The van der Waals surface area contributed by atoms with E-state index in [9.17, 15) is 4.79 Å². The minimum atomic E-state index is -0.166. The highest BCUT2D eigenvalue weighted by atomic mass is 16.1. The lowest BCUT2D eigenvalue weighted by Gasteiger charge is -2.06. The van der Waals surface area contributed by atoms with Gasteiger partial charge in [0.25, 0.3) is 0 Å². The van der Waals surface area contributed by atoms with E-state index >= 15 is 0 Å². The van der Waals surface area contributed by atoms with Gasteiger partial charge < -0.3 is 5.73 Å². The van der Waals surface area contributed by atoms with Crippen LogP contribution in [0, 0.1) is 0 Å². The molecule has 1 rings (SSSR count). The summed E-state index contributed by atoms with van der Waals surface area (Å²) in [6.07, 6.45) is 24.3. The van der Waals surface area contributed by atoms with Crippen LogP contribution in [0.3, 0.4) is 0 Å². The first-order chi connectivity index (χ1) is 13.7. The lowest BCUT2D eigenvalue weighted by molar-refractivity contribution is -0.118. The van der Waals surface area contributed by atoms with Crippen LogP contribution in [-0.4, -0.2) is 5.91 Å². The molecule has 0 aliphatic carbocycles. The molecule has 0 atom stereocenters. The van der Waals surface area contributed by atoms with Crippen LogP contribution in [0.15, 0.2) is 30.3 Å². The number of amides is 1. The predicted octanol–water partition coefficient (Wildman–Crippen LogP) is 7.60. The Bertz CT molecular complexity index is 535. The molecule has 0 bridgehead atoms. The summed E-state index contributed by atoms with van der Waals surface area (Å²) >= 11 is 0. The van der Waals surface area contributed by atoms with Crippen molar-refractivity contribution in [2.24, 2.45) is 5.73 Å². The fourth-order valence-corrected chi connectivity index (χ4v) is 3.68. The summed E-state index contributed by atoms with van der Waals surface area (Å²) < 4.78 is 0. The molecular formula is C26H43NO. The van der Waals surface area contributed by atoms with E-state index in [1.54, 1.807) is 0 Å². The largest absolute Gasteiger partial charge is 0.370 e. The zero-order valence-electron chi connectivity index (χ0n) is 18.3. The quantitative estimate of drug-likeness (QED) is 0.260. The molecule has 1 amide bonds. The summed E-state index contributed by atoms with van der Waals surface area (Å²) in [5.74, 6) is -0.166. The van der Waals surface area contributed by atoms with Gasteiger partial charge in [-0.05, 0) is 43.2 Å². The van der Waals surface area contributed by atoms with Crippen LogP contribution in [-0.2, 0) is 11.2 Å². The van der Waals surface area contributed by atoms with Gasteiger partial charge in [-0.25, -0.2) is 0 Å². The molecule has 2 N–H and O–H groups in total. The molecule has 0 saturated carbocycles. The Balaban J connectivity index is 2.11. The third kappa shape index (κ3) is 13.6. The summed E-state index contributed by atoms with van der Waals surface area (Å²) in [7, 11) is 0. The summed E-state index contributed by atoms with van der Waals surface area (Å²) in [6, 6.07) is 8.88. The molecule has 0 heterocycles. The number of allylic oxidation sites excluding steroid dienone is 1. The van der Waals surface area contributed by atoms with Crippen LogP contribution in [0.5, 0.6) is 0 Å². The minimum Gasteiger partial charge on any atom is -0.370 e. The second kappa shape index (κ2) is 17.5. The van der Waals surface area contributed by atoms with E-state index < -0.39 is 0 Å². The molecule has 0 aliphatic heterocycles. The van der Waals surface area contributed by atoms with Crippen molar-refractivity contribution in [3.63, 3.8) is 0 Å². The number of hydrogen-bond acceptors (Lipinski definition) is 1. The molecule has 1 aromatic carbocycles. The highest BCUT2D eigenvalue weighted by Crippen LogP contribution is 2.16. The van der Waals surface area contributed by atoms with Gasteiger partial charge in [-0.1, -0.05) is 108 Å². The van der Waals surface area contributed by atoms with Crippen molar-refractivity contribution in [1.82, 2.24) is 0 Å². The molecule has 0 radical (unpaired) electrons. The Hall–Kier alpha value is -1.57. The fourth-order valence-electron chi connectivity index (χ4n) is 3.68. The van der Waals surface area contributed by atoms with Gasteiger partial charge in [-0.2, -0.15) is 0 Å². The van der Waals surface area contributed by atoms with Gasteiger partial charge in [-0.3, -0.25) is 4.79 Å². The van der Waals surface area contributed by atoms with Crippen molar-refractivity contribution < 1.29 is 4.79 Å². The average Bonchev–Trinajstić information content (AvgIpc) is 2.69. The van der Waals surface area contributed by atoms with E-state index in [0.717, 1.165) is 12.8 Å². The minimum absolute atomic E-state index is 0.166. The lowest BCUT2D eigenvalue weighted by Crippen LogP contribution is -2.09. The first kappa shape index (κ1) is 24.5. The number of hydrogen-bond donors (Lipinski definition) is 1. The monoisotopic (exact) mass is 385 g/mol. The average molecular weight is 386 g/mol. The summed E-state index contributed by atoms with van der Waals surface area (Å²) in [5.41, 5.74) is 8.07. The standard InChI is InChI=1S/C26H43NO/c1-2-3-4-5-11-14-19-24-21-17-18-22-25(24)20-15-12-9-7-6-8-10-13-16-23-26(27)28/h15,17-18,20-22H,2-14,16,19,23H2,1H3,(H2,27,28)/b20-15-. The molecule has 2 nitrogen and oxygen atoms in total. The zero-order chi connectivity index (χ0) is 20.3. The molecule has 0 saturated heterocycles. The van der Waals surface area contributed by atoms with E-state index in [1.165, 1.54) is 94.6 Å². The topological polar surface area (TPSA) is 43.1 Å². The first-order valence-electron chi connectivity index (χ1n) is 11.8. The van der Waals surface area contributed by atoms with Crippen molar-refractivity contribution in [1.29, 1.82) is 0 Å². The van der Waals surface area contributed by atoms with Gasteiger partial charge in [-0.15, -0.1) is 0 Å². The maximum atomic E-state index is 10.7. The summed E-state index contributed by atoms with van der Waals surface area (Å²) in [5, 5.41) is 0. The molecule has 0 aromatic heterocycles. The van der Waals surface area contributed by atoms with Crippen molar-refractivity contribution in [2.45, 2.75) is 110 Å². The van der Waals surface area contributed by atoms with Crippen LogP contribution in [0.2, 0.25) is 0 Å². The van der Waals surface area contributed by atoms with Crippen molar-refractivity contribution in [3.8, 4) is 0 Å². The van der Waals surface area contributed by atoms with Gasteiger partial charge in [0.2, 0.25) is 5.91 Å². The van der Waals surface area contributed by atoms with Crippen LogP contribution < -0.4 is 5.73 Å². The Labute approximate surface area is 174 Å². The maximum Gasteiger partial charge on any atom is 0.217 e. The van der Waals surface area contributed by atoms with E-state index in [0.29, 0.717) is 6.42 Å². The molecule has 158 valence electrons. The fraction of sp³-hybridized carbons (Fsp3) is 0.654. The first-order valence-corrected chi connectivity index (χ1v) is 11.8. The highest BCUT2D eigenvalue weighted by molar-refractivity contribution is 5.73. The van der Waals surface area contributed by atoms with Gasteiger partial charge in [0.15, 0.2) is 0 Å². The van der Waals surface area contributed by atoms with Gasteiger partial charge in [0.1, 0.15) is 0 Å². The smallest absolute Gasteiger partial charge is 0.217 e. The van der Waals surface area contributed by atoms with Crippen molar-refractivity contribution >= 4 is 12.0 Å². The number of unbranched alkanes of at least 4 members (excludes halogenated alkanes) is 12. The molecule has 0 spiro atoms. The third-order valence-corrected chi connectivity index (χ3v) is 5.45. The van der Waals surface area contributed by atoms with Crippen LogP contribution in [0.1, 0.15) is 114 Å². The van der Waals surface area contributed by atoms with Crippen LogP contribution >= 0.6 is 0 Å². The Morgan fingerprint density at radius 1 is 0.821 bits per heavy atom. The normalized spacial score (nSPS) is 11.3. The molecular weight excluding hydrogens is 342 g/mol. The number of benzene rings is 1. The maximum absolute atomic E-state index is 10.7. The molecule has 2 heteroatoms. The van der Waals surface area contributed by atoms with Crippen LogP contribution in [0.25, 0.3) is 6.08 Å². The Morgan fingerprint density at radius 3 is 2.14 bits per heavy atom. The second-order valence-corrected chi connectivity index (χ2v) is 8.10. The van der Waals surface area contributed by atoms with E-state index in [4.69, 9.17) is 5.73 Å². The van der Waals surface area contributed by atoms with Crippen molar-refractivity contribution in [2.75, 3.05) is 0 Å². The number of aryl methyl sites for hydroxylation is 1. The predicted molar refractivity (Wildman–Crippen MR) is 123 cm³/mol. The highest BCUT2D eigenvalue weighted by Gasteiger charge is 1.99. The number of nitrogens with two attached hydrogens (primary N) is 1.